The maximum atomic E-state index is 12.1. The van der Waals surface area contributed by atoms with Gasteiger partial charge in [0.1, 0.15) is 18.0 Å². The van der Waals surface area contributed by atoms with Crippen LogP contribution in [0.4, 0.5) is 4.79 Å². The molecule has 0 saturated heterocycles. The van der Waals surface area contributed by atoms with E-state index in [2.05, 4.69) is 38.1 Å². The number of nitrogens with one attached hydrogen (secondary N) is 3. The fourth-order valence-corrected chi connectivity index (χ4v) is 2.60. The quantitative estimate of drug-likeness (QED) is 0.167. The monoisotopic (exact) mass is 553 g/mol. The first-order chi connectivity index (χ1) is 14.2. The average molecular weight is 553 g/mol. The van der Waals surface area contributed by atoms with E-state index >= 15 is 0 Å². The van der Waals surface area contributed by atoms with Gasteiger partial charge in [-0.25, -0.2) is 9.79 Å². The zero-order chi connectivity index (χ0) is 22.6. The van der Waals surface area contributed by atoms with Crippen molar-refractivity contribution in [3.63, 3.8) is 0 Å². The second kappa shape index (κ2) is 15.2. The molecule has 0 aromatic carbocycles. The van der Waals surface area contributed by atoms with Gasteiger partial charge in [-0.2, -0.15) is 0 Å². The van der Waals surface area contributed by atoms with E-state index in [1.54, 1.807) is 7.11 Å². The minimum Gasteiger partial charge on any atom is -0.444 e. The molecule has 31 heavy (non-hydrogen) atoms. The van der Waals surface area contributed by atoms with Gasteiger partial charge in [0.2, 0.25) is 0 Å². The van der Waals surface area contributed by atoms with Crippen LogP contribution in [0.2, 0.25) is 0 Å². The van der Waals surface area contributed by atoms with Gasteiger partial charge in [-0.3, -0.25) is 0 Å². The molecule has 10 nitrogen and oxygen atoms in total. The summed E-state index contributed by atoms with van der Waals surface area (Å²) in [6.45, 7) is 11.8. The molecule has 0 spiro atoms. The van der Waals surface area contributed by atoms with Crippen molar-refractivity contribution in [3.05, 3.63) is 11.6 Å². The second-order valence-corrected chi connectivity index (χ2v) is 8.17. The summed E-state index contributed by atoms with van der Waals surface area (Å²) < 4.78 is 12.4. The molecule has 11 heteroatoms. The number of halogens is 1. The Hall–Kier alpha value is -1.63. The standard InChI is InChI=1S/C20H39N7O3.HI/c1-8-10-16(24-19(28)30-20(3,4)5)13-22-18(21-11-9-12-29-7)23-14-17-26-25-15(2)27(17)6;/h16H,8-14H2,1-7H3,(H,24,28)(H2,21,22,23);1H. The summed E-state index contributed by atoms with van der Waals surface area (Å²) in [5.74, 6) is 2.27. The molecule has 0 aliphatic carbocycles. The van der Waals surface area contributed by atoms with Crippen LogP contribution in [0.3, 0.4) is 0 Å². The summed E-state index contributed by atoms with van der Waals surface area (Å²) in [4.78, 5) is 16.8. The number of aromatic nitrogens is 3. The molecule has 0 radical (unpaired) electrons. The van der Waals surface area contributed by atoms with E-state index in [4.69, 9.17) is 9.47 Å². The summed E-state index contributed by atoms with van der Waals surface area (Å²) in [5, 5.41) is 17.8. The van der Waals surface area contributed by atoms with Gasteiger partial charge in [-0.05, 0) is 40.5 Å². The van der Waals surface area contributed by atoms with Crippen LogP contribution in [-0.2, 0) is 23.1 Å². The van der Waals surface area contributed by atoms with Gasteiger partial charge in [0, 0.05) is 39.9 Å². The first kappa shape index (κ1) is 29.4. The molecule has 0 aliphatic rings. The van der Waals surface area contributed by atoms with E-state index in [0.29, 0.717) is 25.7 Å². The van der Waals surface area contributed by atoms with Gasteiger partial charge < -0.3 is 30.0 Å². The summed E-state index contributed by atoms with van der Waals surface area (Å²) in [6.07, 6.45) is 2.21. The molecule has 1 heterocycles. The Bertz CT molecular complexity index is 674. The smallest absolute Gasteiger partial charge is 0.407 e. The SMILES string of the molecule is CCCC(CNC(=NCc1nnc(C)n1C)NCCCOC)NC(=O)OC(C)(C)C.I. The molecule has 1 amide bonds. The van der Waals surface area contributed by atoms with Crippen molar-refractivity contribution in [1.29, 1.82) is 0 Å². The molecule has 1 unspecified atom stereocenters. The summed E-state index contributed by atoms with van der Waals surface area (Å²) in [7, 11) is 3.60. The normalized spacial score (nSPS) is 12.7. The number of guanidine groups is 1. The summed E-state index contributed by atoms with van der Waals surface area (Å²) in [6, 6.07) is -0.0760. The molecule has 1 rings (SSSR count). The molecule has 0 aliphatic heterocycles. The van der Waals surface area contributed by atoms with Crippen molar-refractivity contribution in [2.45, 2.75) is 72.1 Å². The van der Waals surface area contributed by atoms with Crippen LogP contribution in [0.1, 0.15) is 58.6 Å². The molecule has 180 valence electrons. The maximum Gasteiger partial charge on any atom is 0.407 e. The van der Waals surface area contributed by atoms with Crippen LogP contribution in [0.25, 0.3) is 0 Å². The number of methoxy groups -OCH3 is 1. The number of hydrogen-bond acceptors (Lipinski definition) is 6. The van der Waals surface area contributed by atoms with Crippen LogP contribution >= 0.6 is 24.0 Å². The number of carbonyl (C=O) groups is 1. The maximum absolute atomic E-state index is 12.1. The fourth-order valence-electron chi connectivity index (χ4n) is 2.60. The highest BCUT2D eigenvalue weighted by molar-refractivity contribution is 14.0. The Morgan fingerprint density at radius 3 is 2.52 bits per heavy atom. The summed E-state index contributed by atoms with van der Waals surface area (Å²) >= 11 is 0. The van der Waals surface area contributed by atoms with Crippen molar-refractivity contribution in [1.82, 2.24) is 30.7 Å². The first-order valence-corrected chi connectivity index (χ1v) is 10.5. The third-order valence-corrected chi connectivity index (χ3v) is 4.25. The lowest BCUT2D eigenvalue weighted by Gasteiger charge is -2.24. The van der Waals surface area contributed by atoms with Crippen molar-refractivity contribution < 1.29 is 14.3 Å². The molecule has 0 saturated carbocycles. The number of ether oxygens (including phenoxy) is 2. The Morgan fingerprint density at radius 2 is 1.97 bits per heavy atom. The third kappa shape index (κ3) is 12.7. The lowest BCUT2D eigenvalue weighted by atomic mass is 10.1. The highest BCUT2D eigenvalue weighted by atomic mass is 127. The number of carbonyl (C=O) groups excluding carboxylic acids is 1. The van der Waals surface area contributed by atoms with E-state index in [-0.39, 0.29) is 30.0 Å². The van der Waals surface area contributed by atoms with E-state index in [1.165, 1.54) is 0 Å². The van der Waals surface area contributed by atoms with Gasteiger partial charge >= 0.3 is 6.09 Å². The highest BCUT2D eigenvalue weighted by Gasteiger charge is 2.19. The second-order valence-electron chi connectivity index (χ2n) is 8.17. The topological polar surface area (TPSA) is 115 Å². The fraction of sp³-hybridized carbons (Fsp3) is 0.800. The van der Waals surface area contributed by atoms with E-state index in [1.807, 2.05) is 39.3 Å². The Labute approximate surface area is 203 Å². The van der Waals surface area contributed by atoms with E-state index in [0.717, 1.165) is 37.5 Å². The highest BCUT2D eigenvalue weighted by Crippen LogP contribution is 2.07. The average Bonchev–Trinajstić information content (AvgIpc) is 2.97. The van der Waals surface area contributed by atoms with Crippen molar-refractivity contribution >= 4 is 36.0 Å². The molecule has 3 N–H and O–H groups in total. The van der Waals surface area contributed by atoms with Gasteiger partial charge in [0.05, 0.1) is 0 Å². The zero-order valence-corrected chi connectivity index (χ0v) is 22.3. The molecule has 0 fully saturated rings. The minimum atomic E-state index is -0.530. The van der Waals surface area contributed by atoms with Crippen molar-refractivity contribution in [3.8, 4) is 0 Å². The number of aryl methyl sites for hydroxylation is 1. The van der Waals surface area contributed by atoms with Gasteiger partial charge in [-0.15, -0.1) is 34.2 Å². The Balaban J connectivity index is 0.00000900. The van der Waals surface area contributed by atoms with Crippen molar-refractivity contribution in [2.24, 2.45) is 12.0 Å². The van der Waals surface area contributed by atoms with Gasteiger partial charge in [0.15, 0.2) is 11.8 Å². The molecular weight excluding hydrogens is 513 g/mol. The number of amides is 1. The lowest BCUT2D eigenvalue weighted by Crippen LogP contribution is -2.48. The van der Waals surface area contributed by atoms with Crippen LogP contribution in [-0.4, -0.2) is 65.3 Å². The van der Waals surface area contributed by atoms with Crippen LogP contribution in [0.5, 0.6) is 0 Å². The minimum absolute atomic E-state index is 0. The molecular formula is C20H40IN7O3. The molecule has 1 aromatic rings. The predicted molar refractivity (Wildman–Crippen MR) is 133 cm³/mol. The van der Waals surface area contributed by atoms with E-state index in [9.17, 15) is 4.79 Å². The molecule has 0 bridgehead atoms. The third-order valence-electron chi connectivity index (χ3n) is 4.25. The largest absolute Gasteiger partial charge is 0.444 e. The first-order valence-electron chi connectivity index (χ1n) is 10.5. The van der Waals surface area contributed by atoms with Gasteiger partial charge in [-0.1, -0.05) is 13.3 Å². The lowest BCUT2D eigenvalue weighted by molar-refractivity contribution is 0.0502. The summed E-state index contributed by atoms with van der Waals surface area (Å²) in [5.41, 5.74) is -0.530. The van der Waals surface area contributed by atoms with Crippen LogP contribution < -0.4 is 16.0 Å². The van der Waals surface area contributed by atoms with Crippen molar-refractivity contribution in [2.75, 3.05) is 26.8 Å². The van der Waals surface area contributed by atoms with E-state index < -0.39 is 11.7 Å². The number of nitrogens with zero attached hydrogens (tertiary/aromatic N) is 4. The van der Waals surface area contributed by atoms with Crippen LogP contribution in [0, 0.1) is 6.92 Å². The Kier molecular flexibility index (Phi) is 14.4. The molecule has 1 atom stereocenters. The Morgan fingerprint density at radius 1 is 1.26 bits per heavy atom. The number of rotatable bonds is 11. The number of hydrogen-bond donors (Lipinski definition) is 3. The number of alkyl carbamates (subject to hydrolysis) is 1. The zero-order valence-electron chi connectivity index (χ0n) is 19.9. The predicted octanol–water partition coefficient (Wildman–Crippen LogP) is 2.51. The van der Waals surface area contributed by atoms with Gasteiger partial charge in [0.25, 0.3) is 0 Å². The van der Waals surface area contributed by atoms with Crippen LogP contribution in [0.15, 0.2) is 4.99 Å². The molecule has 1 aromatic heterocycles. The number of aliphatic imine (C=N–C) groups is 1.